The summed E-state index contributed by atoms with van der Waals surface area (Å²) in [5.74, 6) is 2.11. The first-order valence-corrected chi connectivity index (χ1v) is 8.56. The number of hydrogen-bond acceptors (Lipinski definition) is 4. The number of hydrogen-bond donors (Lipinski definition) is 0. The number of benzene rings is 2. The molecule has 2 rings (SSSR count). The van der Waals surface area contributed by atoms with E-state index < -0.39 is 0 Å². The van der Waals surface area contributed by atoms with Crippen LogP contribution in [0.15, 0.2) is 43.0 Å². The van der Waals surface area contributed by atoms with Gasteiger partial charge in [0.15, 0.2) is 0 Å². The Hall–Kier alpha value is -2.75. The normalized spacial score (nSPS) is 11.5. The van der Waals surface area contributed by atoms with E-state index >= 15 is 0 Å². The van der Waals surface area contributed by atoms with Crippen LogP contribution in [0.1, 0.15) is 34.6 Å². The molecule has 1 unspecified atom stereocenters. The van der Waals surface area contributed by atoms with E-state index in [1.807, 2.05) is 44.2 Å². The Bertz CT molecular complexity index is 780. The zero-order valence-electron chi connectivity index (χ0n) is 15.9. The molecule has 0 aliphatic rings. The van der Waals surface area contributed by atoms with Crippen LogP contribution in [0, 0.1) is 13.8 Å². The number of carbonyl (C=O) groups excluding carboxylic acids is 1. The highest BCUT2D eigenvalue weighted by Gasteiger charge is 2.22. The Morgan fingerprint density at radius 2 is 1.81 bits per heavy atom. The topological polar surface area (TPSA) is 44.8 Å². The maximum atomic E-state index is 11.4. The average Bonchev–Trinajstić information content (AvgIpc) is 2.65. The first kappa shape index (κ1) is 19.6. The number of rotatable bonds is 9. The van der Waals surface area contributed by atoms with Crippen LogP contribution in [-0.4, -0.2) is 27.1 Å². The Morgan fingerprint density at radius 1 is 1.04 bits per heavy atom. The third-order valence-corrected chi connectivity index (χ3v) is 4.43. The first-order valence-electron chi connectivity index (χ1n) is 8.56. The van der Waals surface area contributed by atoms with Crippen molar-refractivity contribution < 1.29 is 19.0 Å². The van der Waals surface area contributed by atoms with Crippen LogP contribution in [0.3, 0.4) is 0 Å². The largest absolute Gasteiger partial charge is 0.497 e. The fourth-order valence-electron chi connectivity index (χ4n) is 3.12. The van der Waals surface area contributed by atoms with Crippen LogP contribution in [0.25, 0.3) is 0 Å². The lowest BCUT2D eigenvalue weighted by Crippen LogP contribution is -2.08. The van der Waals surface area contributed by atoms with Crippen molar-refractivity contribution in [3.05, 3.63) is 65.2 Å². The summed E-state index contributed by atoms with van der Waals surface area (Å²) in [5, 5.41) is 0. The smallest absolute Gasteiger partial charge is 0.126 e. The van der Waals surface area contributed by atoms with Gasteiger partial charge in [-0.25, -0.2) is 0 Å². The lowest BCUT2D eigenvalue weighted by Gasteiger charge is -2.22. The molecule has 0 amide bonds. The molecule has 0 spiro atoms. The summed E-state index contributed by atoms with van der Waals surface area (Å²) in [6.45, 7) is 8.13. The molecular weight excluding hydrogens is 328 g/mol. The van der Waals surface area contributed by atoms with Crippen LogP contribution in [0.5, 0.6) is 17.2 Å². The second kappa shape index (κ2) is 9.09. The monoisotopic (exact) mass is 354 g/mol. The van der Waals surface area contributed by atoms with E-state index in [-0.39, 0.29) is 5.92 Å². The minimum absolute atomic E-state index is 0.125. The summed E-state index contributed by atoms with van der Waals surface area (Å²) in [6, 6.07) is 9.85. The quantitative estimate of drug-likeness (QED) is 0.487. The molecule has 4 nitrogen and oxygen atoms in total. The summed E-state index contributed by atoms with van der Waals surface area (Å²) < 4.78 is 16.7. The number of aldehydes is 1. The lowest BCUT2D eigenvalue weighted by molar-refractivity contribution is -0.108. The van der Waals surface area contributed by atoms with Gasteiger partial charge < -0.3 is 19.0 Å². The van der Waals surface area contributed by atoms with E-state index in [0.29, 0.717) is 18.8 Å². The second-order valence-electron chi connectivity index (χ2n) is 6.14. The van der Waals surface area contributed by atoms with Crippen LogP contribution in [0.2, 0.25) is 0 Å². The van der Waals surface area contributed by atoms with Crippen LogP contribution in [0.4, 0.5) is 0 Å². The Balaban J connectivity index is 2.56. The summed E-state index contributed by atoms with van der Waals surface area (Å²) in [6.07, 6.45) is 3.01. The van der Waals surface area contributed by atoms with E-state index in [1.54, 1.807) is 20.3 Å². The molecule has 0 radical (unpaired) electrons. The molecule has 0 aliphatic carbocycles. The minimum atomic E-state index is -0.125. The molecule has 138 valence electrons. The first-order chi connectivity index (χ1) is 12.5. The number of aryl methyl sites for hydroxylation is 2. The molecule has 0 aliphatic heterocycles. The third kappa shape index (κ3) is 4.26. The van der Waals surface area contributed by atoms with E-state index in [0.717, 1.165) is 40.0 Å². The molecule has 0 fully saturated rings. The number of methoxy groups -OCH3 is 2. The van der Waals surface area contributed by atoms with E-state index in [2.05, 4.69) is 6.58 Å². The van der Waals surface area contributed by atoms with Crippen LogP contribution >= 0.6 is 0 Å². The third-order valence-electron chi connectivity index (χ3n) is 4.43. The highest BCUT2D eigenvalue weighted by Crippen LogP contribution is 2.40. The van der Waals surface area contributed by atoms with Gasteiger partial charge in [-0.05, 0) is 42.7 Å². The Labute approximate surface area is 155 Å². The molecular formula is C22H26O4. The van der Waals surface area contributed by atoms with Crippen molar-refractivity contribution in [2.24, 2.45) is 0 Å². The fraction of sp³-hybridized carbons (Fsp3) is 0.318. The molecule has 0 bridgehead atoms. The molecule has 2 aromatic rings. The van der Waals surface area contributed by atoms with Crippen LogP contribution in [-0.2, 0) is 4.79 Å². The molecule has 0 N–H and O–H groups in total. The molecule has 1 atom stereocenters. The molecule has 2 aromatic carbocycles. The van der Waals surface area contributed by atoms with Gasteiger partial charge in [0, 0.05) is 24.0 Å². The van der Waals surface area contributed by atoms with Gasteiger partial charge in [0.05, 0.1) is 14.2 Å². The van der Waals surface area contributed by atoms with Crippen molar-refractivity contribution in [2.75, 3.05) is 20.8 Å². The van der Waals surface area contributed by atoms with Gasteiger partial charge in [0.1, 0.15) is 30.1 Å². The van der Waals surface area contributed by atoms with E-state index in [4.69, 9.17) is 14.2 Å². The van der Waals surface area contributed by atoms with Crippen molar-refractivity contribution in [1.29, 1.82) is 0 Å². The molecule has 26 heavy (non-hydrogen) atoms. The highest BCUT2D eigenvalue weighted by atomic mass is 16.5. The van der Waals surface area contributed by atoms with Crippen molar-refractivity contribution in [3.8, 4) is 17.2 Å². The van der Waals surface area contributed by atoms with Gasteiger partial charge in [-0.3, -0.25) is 0 Å². The van der Waals surface area contributed by atoms with Gasteiger partial charge in [0.2, 0.25) is 0 Å². The number of carbonyl (C=O) groups is 1. The van der Waals surface area contributed by atoms with Crippen molar-refractivity contribution in [3.63, 3.8) is 0 Å². The van der Waals surface area contributed by atoms with Crippen LogP contribution < -0.4 is 14.2 Å². The van der Waals surface area contributed by atoms with Gasteiger partial charge in [-0.1, -0.05) is 24.8 Å². The van der Waals surface area contributed by atoms with Crippen molar-refractivity contribution >= 4 is 6.29 Å². The maximum absolute atomic E-state index is 11.4. The molecule has 0 saturated carbocycles. The molecule has 0 aromatic heterocycles. The summed E-state index contributed by atoms with van der Waals surface area (Å²) in [4.78, 5) is 11.4. The predicted molar refractivity (Wildman–Crippen MR) is 104 cm³/mol. The zero-order chi connectivity index (χ0) is 19.1. The van der Waals surface area contributed by atoms with Gasteiger partial charge in [-0.15, -0.1) is 0 Å². The van der Waals surface area contributed by atoms with Crippen molar-refractivity contribution in [2.45, 2.75) is 26.2 Å². The minimum Gasteiger partial charge on any atom is -0.497 e. The zero-order valence-corrected chi connectivity index (χ0v) is 15.9. The molecule has 0 heterocycles. The molecule has 4 heteroatoms. The fourth-order valence-corrected chi connectivity index (χ4v) is 3.12. The second-order valence-corrected chi connectivity index (χ2v) is 6.14. The van der Waals surface area contributed by atoms with Crippen molar-refractivity contribution in [1.82, 2.24) is 0 Å². The van der Waals surface area contributed by atoms with E-state index in [9.17, 15) is 4.79 Å². The average molecular weight is 354 g/mol. The standard InChI is InChI=1S/C22H26O4/c1-6-11-26-20-13-17(8-7-15(20)2)19(9-10-23)22-16(3)12-18(24-4)14-21(22)25-5/h6-8,10,12-14,19H,1,9,11H2,2-5H3. The summed E-state index contributed by atoms with van der Waals surface area (Å²) in [5.41, 5.74) is 4.05. The number of ether oxygens (including phenoxy) is 3. The van der Waals surface area contributed by atoms with Gasteiger partial charge >= 0.3 is 0 Å². The van der Waals surface area contributed by atoms with Gasteiger partial charge in [0.25, 0.3) is 0 Å². The maximum Gasteiger partial charge on any atom is 0.126 e. The molecule has 0 saturated heterocycles. The van der Waals surface area contributed by atoms with E-state index in [1.165, 1.54) is 0 Å². The predicted octanol–water partition coefficient (Wildman–Crippen LogP) is 4.61. The Morgan fingerprint density at radius 3 is 2.42 bits per heavy atom. The summed E-state index contributed by atoms with van der Waals surface area (Å²) in [7, 11) is 3.25. The Kier molecular flexibility index (Phi) is 6.84. The highest BCUT2D eigenvalue weighted by molar-refractivity contribution is 5.59. The van der Waals surface area contributed by atoms with Gasteiger partial charge in [-0.2, -0.15) is 0 Å². The lowest BCUT2D eigenvalue weighted by atomic mass is 9.85. The SMILES string of the molecule is C=CCOc1cc(C(CC=O)c2c(C)cc(OC)cc2OC)ccc1C. The summed E-state index contributed by atoms with van der Waals surface area (Å²) >= 11 is 0.